The number of nitrogens with two attached hydrogens (primary N) is 1. The predicted molar refractivity (Wildman–Crippen MR) is 111 cm³/mol. The third-order valence-electron chi connectivity index (χ3n) is 4.95. The number of benzene rings is 2. The van der Waals surface area contributed by atoms with E-state index in [4.69, 9.17) is 5.73 Å². The first-order valence-corrected chi connectivity index (χ1v) is 9.63. The summed E-state index contributed by atoms with van der Waals surface area (Å²) in [6.45, 7) is 0. The smallest absolute Gasteiger partial charge is 0.224 e. The summed E-state index contributed by atoms with van der Waals surface area (Å²) < 4.78 is 14.9. The number of fused-ring (bicyclic) bond motifs is 1. The van der Waals surface area contributed by atoms with Crippen molar-refractivity contribution in [3.05, 3.63) is 48.3 Å². The van der Waals surface area contributed by atoms with E-state index >= 15 is 0 Å². The zero-order valence-corrected chi connectivity index (χ0v) is 16.3. The third-order valence-corrected chi connectivity index (χ3v) is 6.02. The average molecular weight is 406 g/mol. The molecule has 2 aromatic carbocycles. The molecule has 1 amide bonds. The Labute approximate surface area is 167 Å². The van der Waals surface area contributed by atoms with Crippen molar-refractivity contribution in [2.24, 2.45) is 11.7 Å². The first-order chi connectivity index (χ1) is 12.6. The number of halogens is 2. The van der Waals surface area contributed by atoms with Crippen molar-refractivity contribution in [3.8, 4) is 10.6 Å². The number of anilines is 1. The summed E-state index contributed by atoms with van der Waals surface area (Å²) in [5, 5.41) is 3.63. The predicted octanol–water partition coefficient (Wildman–Crippen LogP) is 4.98. The summed E-state index contributed by atoms with van der Waals surface area (Å²) in [6.07, 6.45) is 3.44. The number of aromatic nitrogens is 1. The maximum Gasteiger partial charge on any atom is 0.224 e. The standard InChI is InChI=1S/C20H20FN3OS.ClH/c21-13-8-9-16(23-19(25)10-12-4-3-5-15(12)22)14(11-13)20-24-17-6-1-2-7-18(17)26-20;/h1-2,6-9,11-12,15H,3-5,10,22H2,(H,23,25);1H/t12-,15+;/m0./s1. The second kappa shape index (κ2) is 8.33. The SMILES string of the molecule is Cl.N[C@@H]1CCC[C@H]1CC(=O)Nc1ccc(F)cc1-c1nc2ccccc2s1. The van der Waals surface area contributed by atoms with E-state index in [2.05, 4.69) is 10.3 Å². The molecular formula is C20H21ClFN3OS. The Morgan fingerprint density at radius 1 is 1.26 bits per heavy atom. The van der Waals surface area contributed by atoms with Crippen LogP contribution in [0.15, 0.2) is 42.5 Å². The number of hydrogen-bond acceptors (Lipinski definition) is 4. The molecule has 0 radical (unpaired) electrons. The van der Waals surface area contributed by atoms with Crippen molar-refractivity contribution in [2.75, 3.05) is 5.32 Å². The maximum atomic E-state index is 13.9. The number of para-hydroxylation sites is 1. The monoisotopic (exact) mass is 405 g/mol. The lowest BCUT2D eigenvalue weighted by atomic mass is 10.00. The molecule has 1 saturated carbocycles. The molecule has 1 fully saturated rings. The van der Waals surface area contributed by atoms with Crippen LogP contribution in [0.2, 0.25) is 0 Å². The molecule has 1 aromatic heterocycles. The Kier molecular flexibility index (Phi) is 6.09. The van der Waals surface area contributed by atoms with Crippen LogP contribution >= 0.6 is 23.7 Å². The fraction of sp³-hybridized carbons (Fsp3) is 0.300. The second-order valence-corrected chi connectivity index (χ2v) is 7.81. The fourth-order valence-corrected chi connectivity index (χ4v) is 4.54. The van der Waals surface area contributed by atoms with Gasteiger partial charge in [0.25, 0.3) is 0 Å². The van der Waals surface area contributed by atoms with E-state index in [-0.39, 0.29) is 36.1 Å². The number of hydrogen-bond donors (Lipinski definition) is 2. The molecule has 1 aliphatic rings. The van der Waals surface area contributed by atoms with E-state index in [1.54, 1.807) is 6.07 Å². The van der Waals surface area contributed by atoms with E-state index in [0.717, 1.165) is 29.5 Å². The molecule has 3 N–H and O–H groups in total. The van der Waals surface area contributed by atoms with E-state index in [0.29, 0.717) is 22.7 Å². The largest absolute Gasteiger partial charge is 0.327 e. The Hall–Kier alpha value is -2.02. The van der Waals surface area contributed by atoms with Crippen molar-refractivity contribution in [1.82, 2.24) is 4.98 Å². The van der Waals surface area contributed by atoms with Gasteiger partial charge in [-0.3, -0.25) is 4.79 Å². The van der Waals surface area contributed by atoms with E-state index in [1.807, 2.05) is 24.3 Å². The molecule has 1 heterocycles. The number of carbonyl (C=O) groups is 1. The highest BCUT2D eigenvalue weighted by Gasteiger charge is 2.26. The zero-order valence-electron chi connectivity index (χ0n) is 14.7. The summed E-state index contributed by atoms with van der Waals surface area (Å²) in [5.41, 5.74) is 8.13. The molecule has 0 spiro atoms. The van der Waals surface area contributed by atoms with E-state index in [1.165, 1.54) is 23.5 Å². The van der Waals surface area contributed by atoms with Crippen molar-refractivity contribution in [2.45, 2.75) is 31.7 Å². The molecular weight excluding hydrogens is 385 g/mol. The summed E-state index contributed by atoms with van der Waals surface area (Å²) in [5.74, 6) is -0.210. The third kappa shape index (κ3) is 4.29. The summed E-state index contributed by atoms with van der Waals surface area (Å²) in [4.78, 5) is 17.1. The molecule has 4 rings (SSSR count). The van der Waals surface area contributed by atoms with Gasteiger partial charge in [0, 0.05) is 18.0 Å². The fourth-order valence-electron chi connectivity index (χ4n) is 3.55. The van der Waals surface area contributed by atoms with Gasteiger partial charge in [-0.05, 0) is 49.1 Å². The van der Waals surface area contributed by atoms with Crippen LogP contribution in [0.5, 0.6) is 0 Å². The Morgan fingerprint density at radius 3 is 2.81 bits per heavy atom. The molecule has 4 nitrogen and oxygen atoms in total. The molecule has 0 saturated heterocycles. The van der Waals surface area contributed by atoms with Gasteiger partial charge in [-0.1, -0.05) is 18.6 Å². The number of nitrogens with one attached hydrogen (secondary N) is 1. The number of nitrogens with zero attached hydrogens (tertiary/aromatic N) is 1. The first kappa shape index (κ1) is 19.7. The summed E-state index contributed by atoms with van der Waals surface area (Å²) in [6, 6.07) is 12.3. The molecule has 142 valence electrons. The van der Waals surface area contributed by atoms with Crippen molar-refractivity contribution < 1.29 is 9.18 Å². The number of carbonyl (C=O) groups excluding carboxylic acids is 1. The van der Waals surface area contributed by atoms with Gasteiger partial charge >= 0.3 is 0 Å². The Balaban J connectivity index is 0.00000210. The van der Waals surface area contributed by atoms with Crippen LogP contribution in [-0.2, 0) is 4.79 Å². The highest BCUT2D eigenvalue weighted by Crippen LogP contribution is 2.35. The van der Waals surface area contributed by atoms with Gasteiger partial charge in [-0.25, -0.2) is 9.37 Å². The quantitative estimate of drug-likeness (QED) is 0.643. The van der Waals surface area contributed by atoms with Crippen LogP contribution in [0, 0.1) is 11.7 Å². The molecule has 7 heteroatoms. The molecule has 3 aromatic rings. The van der Waals surface area contributed by atoms with Crippen LogP contribution in [0.4, 0.5) is 10.1 Å². The van der Waals surface area contributed by atoms with Crippen LogP contribution in [0.1, 0.15) is 25.7 Å². The molecule has 0 unspecified atom stereocenters. The molecule has 2 atom stereocenters. The number of rotatable bonds is 4. The van der Waals surface area contributed by atoms with Gasteiger partial charge in [0.05, 0.1) is 15.9 Å². The summed E-state index contributed by atoms with van der Waals surface area (Å²) in [7, 11) is 0. The van der Waals surface area contributed by atoms with Gasteiger partial charge < -0.3 is 11.1 Å². The second-order valence-electron chi connectivity index (χ2n) is 6.78. The van der Waals surface area contributed by atoms with Crippen molar-refractivity contribution in [1.29, 1.82) is 0 Å². The summed E-state index contributed by atoms with van der Waals surface area (Å²) >= 11 is 1.48. The Bertz CT molecular complexity index is 928. The minimum absolute atomic E-state index is 0. The van der Waals surface area contributed by atoms with Gasteiger partial charge in [-0.15, -0.1) is 23.7 Å². The zero-order chi connectivity index (χ0) is 18.1. The van der Waals surface area contributed by atoms with Crippen molar-refractivity contribution in [3.63, 3.8) is 0 Å². The van der Waals surface area contributed by atoms with Gasteiger partial charge in [-0.2, -0.15) is 0 Å². The number of amides is 1. The van der Waals surface area contributed by atoms with Crippen LogP contribution < -0.4 is 11.1 Å². The highest BCUT2D eigenvalue weighted by atomic mass is 35.5. The topological polar surface area (TPSA) is 68.0 Å². The minimum atomic E-state index is -0.352. The average Bonchev–Trinajstić information content (AvgIpc) is 3.23. The van der Waals surface area contributed by atoms with E-state index < -0.39 is 0 Å². The maximum absolute atomic E-state index is 13.9. The lowest BCUT2D eigenvalue weighted by Crippen LogP contribution is -2.28. The van der Waals surface area contributed by atoms with Gasteiger partial charge in [0.1, 0.15) is 10.8 Å². The Morgan fingerprint density at radius 2 is 2.07 bits per heavy atom. The first-order valence-electron chi connectivity index (χ1n) is 8.81. The molecule has 0 aliphatic heterocycles. The molecule has 27 heavy (non-hydrogen) atoms. The normalized spacial score (nSPS) is 19.0. The van der Waals surface area contributed by atoms with Crippen molar-refractivity contribution >= 4 is 45.6 Å². The van der Waals surface area contributed by atoms with Crippen LogP contribution in [0.3, 0.4) is 0 Å². The van der Waals surface area contributed by atoms with E-state index in [9.17, 15) is 9.18 Å². The highest BCUT2D eigenvalue weighted by molar-refractivity contribution is 7.21. The molecule has 0 bridgehead atoms. The lowest BCUT2D eigenvalue weighted by molar-refractivity contribution is -0.117. The lowest BCUT2D eigenvalue weighted by Gasteiger charge is -2.15. The van der Waals surface area contributed by atoms with Crippen LogP contribution in [-0.4, -0.2) is 16.9 Å². The minimum Gasteiger partial charge on any atom is -0.327 e. The number of thiazole rings is 1. The van der Waals surface area contributed by atoms with Gasteiger partial charge in [0.2, 0.25) is 5.91 Å². The van der Waals surface area contributed by atoms with Crippen LogP contribution in [0.25, 0.3) is 20.8 Å². The molecule has 1 aliphatic carbocycles. The van der Waals surface area contributed by atoms with Gasteiger partial charge in [0.15, 0.2) is 0 Å².